The molecule has 0 saturated heterocycles. The van der Waals surface area contributed by atoms with Gasteiger partial charge in [-0.3, -0.25) is 4.79 Å². The standard InChI is InChI=1S/C14H17N3OS/c1-4-11-6-5-7-12(16-11)14(18)17(3)8-13-10(2)15-9-19-13/h5-7,9H,4,8H2,1-3H3. The normalized spacial score (nSPS) is 10.5. The minimum atomic E-state index is -0.0527. The molecule has 0 aromatic carbocycles. The van der Waals surface area contributed by atoms with Gasteiger partial charge in [0.25, 0.3) is 5.91 Å². The van der Waals surface area contributed by atoms with Crippen molar-refractivity contribution < 1.29 is 4.79 Å². The number of pyridine rings is 1. The van der Waals surface area contributed by atoms with Gasteiger partial charge in [-0.05, 0) is 25.5 Å². The average Bonchev–Trinajstić information content (AvgIpc) is 2.83. The summed E-state index contributed by atoms with van der Waals surface area (Å²) in [5, 5.41) is 0. The predicted molar refractivity (Wildman–Crippen MR) is 76.3 cm³/mol. The second kappa shape index (κ2) is 5.93. The summed E-state index contributed by atoms with van der Waals surface area (Å²) in [5.41, 5.74) is 4.23. The first kappa shape index (κ1) is 13.7. The lowest BCUT2D eigenvalue weighted by Crippen LogP contribution is -2.27. The second-order valence-corrected chi connectivity index (χ2v) is 5.33. The van der Waals surface area contributed by atoms with Crippen molar-refractivity contribution in [1.82, 2.24) is 14.9 Å². The van der Waals surface area contributed by atoms with E-state index in [2.05, 4.69) is 9.97 Å². The summed E-state index contributed by atoms with van der Waals surface area (Å²) in [4.78, 5) is 23.6. The summed E-state index contributed by atoms with van der Waals surface area (Å²) in [5.74, 6) is -0.0527. The van der Waals surface area contributed by atoms with E-state index >= 15 is 0 Å². The molecular formula is C14H17N3OS. The van der Waals surface area contributed by atoms with Gasteiger partial charge >= 0.3 is 0 Å². The van der Waals surface area contributed by atoms with E-state index in [1.54, 1.807) is 34.9 Å². The van der Waals surface area contributed by atoms with Crippen molar-refractivity contribution in [1.29, 1.82) is 0 Å². The molecule has 0 aliphatic heterocycles. The lowest BCUT2D eigenvalue weighted by Gasteiger charge is -2.16. The molecule has 1 amide bonds. The maximum atomic E-state index is 12.3. The number of rotatable bonds is 4. The highest BCUT2D eigenvalue weighted by molar-refractivity contribution is 7.09. The third-order valence-corrected chi connectivity index (χ3v) is 3.88. The van der Waals surface area contributed by atoms with Gasteiger partial charge in [0.05, 0.1) is 17.7 Å². The highest BCUT2D eigenvalue weighted by atomic mass is 32.1. The van der Waals surface area contributed by atoms with E-state index in [-0.39, 0.29) is 5.91 Å². The molecule has 0 spiro atoms. The van der Waals surface area contributed by atoms with Crippen molar-refractivity contribution >= 4 is 17.2 Å². The fraction of sp³-hybridized carbons (Fsp3) is 0.357. The summed E-state index contributed by atoms with van der Waals surface area (Å²) in [6.45, 7) is 4.56. The number of aromatic nitrogens is 2. The number of aryl methyl sites for hydroxylation is 2. The smallest absolute Gasteiger partial charge is 0.272 e. The molecule has 19 heavy (non-hydrogen) atoms. The molecule has 2 rings (SSSR count). The zero-order valence-electron chi connectivity index (χ0n) is 11.4. The number of thiazole rings is 1. The zero-order valence-corrected chi connectivity index (χ0v) is 12.2. The predicted octanol–water partition coefficient (Wildman–Crippen LogP) is 2.68. The van der Waals surface area contributed by atoms with Crippen molar-refractivity contribution in [3.05, 3.63) is 45.7 Å². The van der Waals surface area contributed by atoms with E-state index in [0.29, 0.717) is 12.2 Å². The third-order valence-electron chi connectivity index (χ3n) is 2.96. The minimum Gasteiger partial charge on any atom is -0.335 e. The molecule has 0 radical (unpaired) electrons. The Bertz CT molecular complexity index is 580. The van der Waals surface area contributed by atoms with Gasteiger partial charge in [0.1, 0.15) is 5.69 Å². The quantitative estimate of drug-likeness (QED) is 0.862. The molecule has 5 heteroatoms. The molecule has 100 valence electrons. The molecule has 2 aromatic heterocycles. The van der Waals surface area contributed by atoms with Crippen LogP contribution in [-0.2, 0) is 13.0 Å². The van der Waals surface area contributed by atoms with Crippen LogP contribution in [0.15, 0.2) is 23.7 Å². The van der Waals surface area contributed by atoms with Crippen molar-refractivity contribution in [2.75, 3.05) is 7.05 Å². The minimum absolute atomic E-state index is 0.0527. The summed E-state index contributed by atoms with van der Waals surface area (Å²) in [6.07, 6.45) is 0.832. The first-order valence-electron chi connectivity index (χ1n) is 6.22. The Balaban J connectivity index is 2.12. The molecule has 0 saturated carbocycles. The van der Waals surface area contributed by atoms with E-state index < -0.39 is 0 Å². The van der Waals surface area contributed by atoms with Crippen LogP contribution in [0.3, 0.4) is 0 Å². The molecule has 2 aromatic rings. The second-order valence-electron chi connectivity index (χ2n) is 4.39. The number of hydrogen-bond donors (Lipinski definition) is 0. The molecule has 0 aliphatic carbocycles. The molecule has 4 nitrogen and oxygen atoms in total. The van der Waals surface area contributed by atoms with E-state index in [0.717, 1.165) is 22.7 Å². The van der Waals surface area contributed by atoms with Gasteiger partial charge in [0, 0.05) is 17.6 Å². The van der Waals surface area contributed by atoms with Crippen LogP contribution in [0.2, 0.25) is 0 Å². The first-order valence-corrected chi connectivity index (χ1v) is 7.10. The van der Waals surface area contributed by atoms with Crippen LogP contribution >= 0.6 is 11.3 Å². The lowest BCUT2D eigenvalue weighted by atomic mass is 10.2. The van der Waals surface area contributed by atoms with Crippen molar-refractivity contribution in [2.24, 2.45) is 0 Å². The van der Waals surface area contributed by atoms with E-state index in [1.807, 2.05) is 26.0 Å². The Morgan fingerprint density at radius 3 is 2.84 bits per heavy atom. The molecule has 2 heterocycles. The highest BCUT2D eigenvalue weighted by Gasteiger charge is 2.15. The third kappa shape index (κ3) is 3.17. The Kier molecular flexibility index (Phi) is 4.27. The molecular weight excluding hydrogens is 258 g/mol. The van der Waals surface area contributed by atoms with E-state index in [9.17, 15) is 4.79 Å². The molecule has 0 fully saturated rings. The Morgan fingerprint density at radius 2 is 2.21 bits per heavy atom. The van der Waals surface area contributed by atoms with Gasteiger partial charge in [-0.2, -0.15) is 0 Å². The fourth-order valence-corrected chi connectivity index (χ4v) is 2.59. The average molecular weight is 275 g/mol. The zero-order chi connectivity index (χ0) is 13.8. The van der Waals surface area contributed by atoms with Gasteiger partial charge in [-0.25, -0.2) is 9.97 Å². The Labute approximate surface area is 117 Å². The number of amides is 1. The van der Waals surface area contributed by atoms with Gasteiger partial charge in [0.2, 0.25) is 0 Å². The lowest BCUT2D eigenvalue weighted by molar-refractivity contribution is 0.0780. The summed E-state index contributed by atoms with van der Waals surface area (Å²) in [6, 6.07) is 5.58. The number of hydrogen-bond acceptors (Lipinski definition) is 4. The molecule has 0 aliphatic rings. The SMILES string of the molecule is CCc1cccc(C(=O)N(C)Cc2scnc2C)n1. The molecule has 0 N–H and O–H groups in total. The van der Waals surface area contributed by atoms with Gasteiger partial charge in [-0.15, -0.1) is 11.3 Å². The van der Waals surface area contributed by atoms with Crippen LogP contribution in [0, 0.1) is 6.92 Å². The van der Waals surface area contributed by atoms with Crippen molar-refractivity contribution in [2.45, 2.75) is 26.8 Å². The van der Waals surface area contributed by atoms with Crippen LogP contribution < -0.4 is 0 Å². The Morgan fingerprint density at radius 1 is 1.42 bits per heavy atom. The maximum absolute atomic E-state index is 12.3. The molecule has 0 atom stereocenters. The van der Waals surface area contributed by atoms with Gasteiger partial charge < -0.3 is 4.90 Å². The van der Waals surface area contributed by atoms with Crippen LogP contribution in [0.25, 0.3) is 0 Å². The topological polar surface area (TPSA) is 46.1 Å². The maximum Gasteiger partial charge on any atom is 0.272 e. The fourth-order valence-electron chi connectivity index (χ4n) is 1.76. The van der Waals surface area contributed by atoms with Crippen LogP contribution in [-0.4, -0.2) is 27.8 Å². The Hall–Kier alpha value is -1.75. The monoisotopic (exact) mass is 275 g/mol. The van der Waals surface area contributed by atoms with Crippen molar-refractivity contribution in [3.8, 4) is 0 Å². The number of carbonyl (C=O) groups is 1. The van der Waals surface area contributed by atoms with Crippen molar-refractivity contribution in [3.63, 3.8) is 0 Å². The van der Waals surface area contributed by atoms with E-state index in [1.165, 1.54) is 0 Å². The number of carbonyl (C=O) groups excluding carboxylic acids is 1. The highest BCUT2D eigenvalue weighted by Crippen LogP contribution is 2.15. The summed E-state index contributed by atoms with van der Waals surface area (Å²) >= 11 is 1.57. The first-order chi connectivity index (χ1) is 9.11. The number of nitrogens with zero attached hydrogens (tertiary/aromatic N) is 3. The largest absolute Gasteiger partial charge is 0.335 e. The van der Waals surface area contributed by atoms with E-state index in [4.69, 9.17) is 0 Å². The summed E-state index contributed by atoms with van der Waals surface area (Å²) in [7, 11) is 1.79. The summed E-state index contributed by atoms with van der Waals surface area (Å²) < 4.78 is 0. The van der Waals surface area contributed by atoms with Gasteiger partial charge in [-0.1, -0.05) is 13.0 Å². The van der Waals surface area contributed by atoms with Crippen LogP contribution in [0.5, 0.6) is 0 Å². The molecule has 0 bridgehead atoms. The van der Waals surface area contributed by atoms with Crippen LogP contribution in [0.4, 0.5) is 0 Å². The van der Waals surface area contributed by atoms with Gasteiger partial charge in [0.15, 0.2) is 0 Å². The molecule has 0 unspecified atom stereocenters. The van der Waals surface area contributed by atoms with Crippen LogP contribution in [0.1, 0.15) is 33.7 Å².